The molecule has 0 amide bonds. The highest BCUT2D eigenvalue weighted by molar-refractivity contribution is 7.99. The Bertz CT molecular complexity index is 341. The van der Waals surface area contributed by atoms with E-state index >= 15 is 0 Å². The standard InChI is InChI=1S/C13H25F3N4S/c1-10(21-4)9-18-12(17-3)20-7-5-19(6-8-20)11(2)13(14,15)16/h10-11H,5-9H2,1-4H3,(H,17,18). The fourth-order valence-corrected chi connectivity index (χ4v) is 2.43. The molecule has 1 fully saturated rings. The van der Waals surface area contributed by atoms with E-state index in [1.165, 1.54) is 11.8 Å². The fourth-order valence-electron chi connectivity index (χ4n) is 2.18. The molecule has 0 aliphatic carbocycles. The van der Waals surface area contributed by atoms with Gasteiger partial charge in [-0.05, 0) is 13.2 Å². The number of nitrogens with one attached hydrogen (secondary N) is 1. The first-order chi connectivity index (χ1) is 9.79. The summed E-state index contributed by atoms with van der Waals surface area (Å²) in [5.41, 5.74) is 0. The van der Waals surface area contributed by atoms with Gasteiger partial charge in [0.15, 0.2) is 5.96 Å². The van der Waals surface area contributed by atoms with E-state index < -0.39 is 12.2 Å². The van der Waals surface area contributed by atoms with Crippen LogP contribution in [0.1, 0.15) is 13.8 Å². The Hall–Kier alpha value is -0.630. The van der Waals surface area contributed by atoms with Crippen LogP contribution in [0.15, 0.2) is 4.99 Å². The molecule has 21 heavy (non-hydrogen) atoms. The topological polar surface area (TPSA) is 30.9 Å². The lowest BCUT2D eigenvalue weighted by Gasteiger charge is -2.39. The van der Waals surface area contributed by atoms with Crippen molar-refractivity contribution in [1.82, 2.24) is 15.1 Å². The Morgan fingerprint density at radius 2 is 1.81 bits per heavy atom. The third-order valence-electron chi connectivity index (χ3n) is 3.80. The Morgan fingerprint density at radius 3 is 2.24 bits per heavy atom. The average Bonchev–Trinajstić information content (AvgIpc) is 2.46. The molecule has 0 bridgehead atoms. The minimum atomic E-state index is -4.16. The summed E-state index contributed by atoms with van der Waals surface area (Å²) in [6, 6.07) is -1.38. The first-order valence-corrected chi connectivity index (χ1v) is 8.37. The summed E-state index contributed by atoms with van der Waals surface area (Å²) in [5, 5.41) is 3.74. The molecule has 1 aliphatic rings. The summed E-state index contributed by atoms with van der Waals surface area (Å²) in [7, 11) is 1.71. The highest BCUT2D eigenvalue weighted by atomic mass is 32.2. The van der Waals surface area contributed by atoms with Gasteiger partial charge in [0.2, 0.25) is 0 Å². The molecule has 1 saturated heterocycles. The first kappa shape index (κ1) is 18.4. The SMILES string of the molecule is CN=C(NCC(C)SC)N1CCN(C(C)C(F)(F)F)CC1. The van der Waals surface area contributed by atoms with Crippen molar-refractivity contribution in [2.75, 3.05) is 46.0 Å². The van der Waals surface area contributed by atoms with Gasteiger partial charge in [-0.3, -0.25) is 9.89 Å². The molecule has 1 heterocycles. The Balaban J connectivity index is 2.47. The highest BCUT2D eigenvalue weighted by Crippen LogP contribution is 2.25. The maximum absolute atomic E-state index is 12.7. The van der Waals surface area contributed by atoms with Gasteiger partial charge in [0, 0.05) is 45.0 Å². The Kier molecular flexibility index (Phi) is 7.12. The summed E-state index contributed by atoms with van der Waals surface area (Å²) in [5.74, 6) is 0.773. The van der Waals surface area contributed by atoms with Crippen molar-refractivity contribution in [3.05, 3.63) is 0 Å². The van der Waals surface area contributed by atoms with Crippen molar-refractivity contribution in [2.24, 2.45) is 4.99 Å². The van der Waals surface area contributed by atoms with E-state index in [1.807, 2.05) is 11.2 Å². The van der Waals surface area contributed by atoms with Crippen LogP contribution in [0.5, 0.6) is 0 Å². The van der Waals surface area contributed by atoms with E-state index in [0.29, 0.717) is 31.4 Å². The zero-order valence-electron chi connectivity index (χ0n) is 13.1. The zero-order valence-corrected chi connectivity index (χ0v) is 13.9. The lowest BCUT2D eigenvalue weighted by molar-refractivity contribution is -0.181. The molecule has 2 atom stereocenters. The van der Waals surface area contributed by atoms with E-state index in [0.717, 1.165) is 12.5 Å². The predicted octanol–water partition coefficient (Wildman–Crippen LogP) is 1.88. The molecule has 2 unspecified atom stereocenters. The van der Waals surface area contributed by atoms with Crippen LogP contribution in [0.2, 0.25) is 0 Å². The van der Waals surface area contributed by atoms with E-state index in [1.54, 1.807) is 18.8 Å². The molecule has 0 spiro atoms. The first-order valence-electron chi connectivity index (χ1n) is 7.08. The third kappa shape index (κ3) is 5.58. The van der Waals surface area contributed by atoms with Gasteiger partial charge < -0.3 is 10.2 Å². The Labute approximate surface area is 129 Å². The van der Waals surface area contributed by atoms with Crippen LogP contribution in [0, 0.1) is 0 Å². The lowest BCUT2D eigenvalue weighted by Crippen LogP contribution is -2.57. The van der Waals surface area contributed by atoms with Crippen molar-refractivity contribution in [1.29, 1.82) is 0 Å². The number of nitrogens with zero attached hydrogens (tertiary/aromatic N) is 3. The molecular formula is C13H25F3N4S. The van der Waals surface area contributed by atoms with Crippen LogP contribution in [0.3, 0.4) is 0 Å². The van der Waals surface area contributed by atoms with Crippen molar-refractivity contribution in [2.45, 2.75) is 31.3 Å². The molecule has 1 N–H and O–H groups in total. The largest absolute Gasteiger partial charge is 0.403 e. The number of guanidine groups is 1. The fraction of sp³-hybridized carbons (Fsp3) is 0.923. The van der Waals surface area contributed by atoms with Gasteiger partial charge in [-0.15, -0.1) is 0 Å². The van der Waals surface area contributed by atoms with Gasteiger partial charge in [-0.1, -0.05) is 6.92 Å². The van der Waals surface area contributed by atoms with Gasteiger partial charge in [0.25, 0.3) is 0 Å². The zero-order chi connectivity index (χ0) is 16.0. The maximum Gasteiger partial charge on any atom is 0.403 e. The lowest BCUT2D eigenvalue weighted by atomic mass is 10.2. The molecule has 1 rings (SSSR count). The number of thioether (sulfide) groups is 1. The number of aliphatic imine (C=N–C) groups is 1. The monoisotopic (exact) mass is 326 g/mol. The van der Waals surface area contributed by atoms with Crippen molar-refractivity contribution in [3.8, 4) is 0 Å². The molecule has 0 aromatic heterocycles. The Morgan fingerprint density at radius 1 is 1.24 bits per heavy atom. The molecule has 0 aromatic rings. The summed E-state index contributed by atoms with van der Waals surface area (Å²) in [4.78, 5) is 7.72. The van der Waals surface area contributed by atoms with E-state index in [2.05, 4.69) is 17.2 Å². The van der Waals surface area contributed by atoms with Crippen LogP contribution in [-0.4, -0.2) is 79.3 Å². The molecule has 8 heteroatoms. The van der Waals surface area contributed by atoms with E-state index in [4.69, 9.17) is 0 Å². The van der Waals surface area contributed by atoms with E-state index in [-0.39, 0.29) is 0 Å². The van der Waals surface area contributed by atoms with Crippen molar-refractivity contribution < 1.29 is 13.2 Å². The molecule has 124 valence electrons. The smallest absolute Gasteiger partial charge is 0.355 e. The normalized spacial score (nSPS) is 21.3. The number of hydrogen-bond acceptors (Lipinski definition) is 3. The van der Waals surface area contributed by atoms with Crippen molar-refractivity contribution in [3.63, 3.8) is 0 Å². The second kappa shape index (κ2) is 8.12. The molecule has 1 aliphatic heterocycles. The predicted molar refractivity (Wildman–Crippen MR) is 83.0 cm³/mol. The molecular weight excluding hydrogens is 301 g/mol. The summed E-state index contributed by atoms with van der Waals surface area (Å²) < 4.78 is 38.1. The van der Waals surface area contributed by atoms with Crippen LogP contribution in [-0.2, 0) is 0 Å². The summed E-state index contributed by atoms with van der Waals surface area (Å²) >= 11 is 1.76. The van der Waals surface area contributed by atoms with Gasteiger partial charge in [-0.2, -0.15) is 24.9 Å². The second-order valence-corrected chi connectivity index (χ2v) is 6.49. The second-order valence-electron chi connectivity index (χ2n) is 5.22. The highest BCUT2D eigenvalue weighted by Gasteiger charge is 2.41. The third-order valence-corrected chi connectivity index (χ3v) is 4.77. The number of rotatable bonds is 4. The van der Waals surface area contributed by atoms with Gasteiger partial charge in [0.1, 0.15) is 6.04 Å². The maximum atomic E-state index is 12.7. The van der Waals surface area contributed by atoms with Crippen LogP contribution >= 0.6 is 11.8 Å². The van der Waals surface area contributed by atoms with E-state index in [9.17, 15) is 13.2 Å². The van der Waals surface area contributed by atoms with Crippen LogP contribution in [0.4, 0.5) is 13.2 Å². The summed E-state index contributed by atoms with van der Waals surface area (Å²) in [6.45, 7) is 6.07. The molecule has 0 radical (unpaired) electrons. The molecule has 4 nitrogen and oxygen atoms in total. The minimum Gasteiger partial charge on any atom is -0.355 e. The van der Waals surface area contributed by atoms with Crippen molar-refractivity contribution >= 4 is 17.7 Å². The summed E-state index contributed by atoms with van der Waals surface area (Å²) in [6.07, 6.45) is -2.11. The van der Waals surface area contributed by atoms with Gasteiger partial charge >= 0.3 is 6.18 Å². The van der Waals surface area contributed by atoms with Crippen LogP contribution < -0.4 is 5.32 Å². The minimum absolute atomic E-state index is 0.402. The number of hydrogen-bond donors (Lipinski definition) is 1. The number of piperazine rings is 1. The average molecular weight is 326 g/mol. The number of alkyl halides is 3. The van der Waals surface area contributed by atoms with Gasteiger partial charge in [-0.25, -0.2) is 0 Å². The molecule has 0 aromatic carbocycles. The van der Waals surface area contributed by atoms with Gasteiger partial charge in [0.05, 0.1) is 0 Å². The molecule has 0 saturated carbocycles. The van der Waals surface area contributed by atoms with Crippen LogP contribution in [0.25, 0.3) is 0 Å². The quantitative estimate of drug-likeness (QED) is 0.631. The number of halogens is 3.